The minimum absolute atomic E-state index is 0.103. The Bertz CT molecular complexity index is 760. The molecule has 0 spiro atoms. The average Bonchev–Trinajstić information content (AvgIpc) is 2.58. The fraction of sp³-hybridized carbons (Fsp3) is 0.500. The second-order valence-electron chi connectivity index (χ2n) is 7.41. The first-order valence-corrected chi connectivity index (χ1v) is 9.12. The molecule has 1 fully saturated rings. The van der Waals surface area contributed by atoms with Gasteiger partial charge in [0.1, 0.15) is 23.1 Å². The van der Waals surface area contributed by atoms with Gasteiger partial charge in [-0.1, -0.05) is 6.07 Å². The monoisotopic (exact) mass is 390 g/mol. The van der Waals surface area contributed by atoms with Gasteiger partial charge in [0.05, 0.1) is 18.9 Å². The number of hydrogen-bond acceptors (Lipinski definition) is 7. The highest BCUT2D eigenvalue weighted by Gasteiger charge is 2.23. The van der Waals surface area contributed by atoms with Gasteiger partial charge in [-0.05, 0) is 45.9 Å². The highest BCUT2D eigenvalue weighted by atomic mass is 16.6. The first kappa shape index (κ1) is 21.6. The number of carbonyl (C=O) groups excluding carboxylic acids is 3. The van der Waals surface area contributed by atoms with Crippen molar-refractivity contribution in [2.24, 2.45) is 0 Å². The van der Waals surface area contributed by atoms with E-state index in [-0.39, 0.29) is 17.5 Å². The first-order valence-electron chi connectivity index (χ1n) is 9.12. The third-order valence-electron chi connectivity index (χ3n) is 3.73. The van der Waals surface area contributed by atoms with E-state index in [1.54, 1.807) is 39.0 Å². The molecule has 28 heavy (non-hydrogen) atoms. The Morgan fingerprint density at radius 3 is 2.50 bits per heavy atom. The molecule has 0 bridgehead atoms. The predicted octanol–water partition coefficient (Wildman–Crippen LogP) is 3.12. The Hall–Kier alpha value is -2.74. The van der Waals surface area contributed by atoms with Gasteiger partial charge in [0.25, 0.3) is 0 Å². The quantitative estimate of drug-likeness (QED) is 0.356. The third-order valence-corrected chi connectivity index (χ3v) is 3.73. The Kier molecular flexibility index (Phi) is 7.28. The Balaban J connectivity index is 2.12. The van der Waals surface area contributed by atoms with Gasteiger partial charge in [0.2, 0.25) is 0 Å². The summed E-state index contributed by atoms with van der Waals surface area (Å²) in [5, 5.41) is 2.52. The van der Waals surface area contributed by atoms with Gasteiger partial charge >= 0.3 is 12.1 Å². The lowest BCUT2D eigenvalue weighted by Crippen LogP contribution is -2.28. The number of amides is 1. The van der Waals surface area contributed by atoms with E-state index in [4.69, 9.17) is 14.2 Å². The van der Waals surface area contributed by atoms with E-state index in [0.29, 0.717) is 31.7 Å². The normalized spacial score (nSPS) is 15.6. The van der Waals surface area contributed by atoms with Crippen LogP contribution in [-0.4, -0.2) is 47.7 Å². The first-order chi connectivity index (χ1) is 13.1. The van der Waals surface area contributed by atoms with Crippen molar-refractivity contribution in [1.29, 1.82) is 0 Å². The molecule has 8 heteroatoms. The summed E-state index contributed by atoms with van der Waals surface area (Å²) in [6.07, 6.45) is 1.64. The SMILES string of the molecule is CC(=O)C(=Cc1cccc(NC(=O)OC(C)(C)C)n1)C(=O)OC1CCOCC1. The molecule has 8 nitrogen and oxygen atoms in total. The van der Waals surface area contributed by atoms with Crippen LogP contribution in [0.3, 0.4) is 0 Å². The number of nitrogens with zero attached hydrogens (tertiary/aromatic N) is 1. The van der Waals surface area contributed by atoms with E-state index in [9.17, 15) is 14.4 Å². The second-order valence-corrected chi connectivity index (χ2v) is 7.41. The van der Waals surface area contributed by atoms with Crippen molar-refractivity contribution in [2.75, 3.05) is 18.5 Å². The standard InChI is InChI=1S/C20H26N2O6/c1-13(23)16(18(24)27-15-8-10-26-11-9-15)12-14-6-5-7-17(21-14)22-19(25)28-20(2,3)4/h5-7,12,15H,8-11H2,1-4H3,(H,21,22,25). The molecular formula is C20H26N2O6. The van der Waals surface area contributed by atoms with Gasteiger partial charge in [-0.3, -0.25) is 10.1 Å². The topological polar surface area (TPSA) is 104 Å². The molecule has 0 unspecified atom stereocenters. The summed E-state index contributed by atoms with van der Waals surface area (Å²) in [4.78, 5) is 40.4. The molecule has 1 aromatic heterocycles. The molecular weight excluding hydrogens is 364 g/mol. The van der Waals surface area contributed by atoms with Crippen LogP contribution in [0.5, 0.6) is 0 Å². The highest BCUT2D eigenvalue weighted by Crippen LogP contribution is 2.16. The predicted molar refractivity (Wildman–Crippen MR) is 103 cm³/mol. The molecule has 1 aliphatic rings. The number of anilines is 1. The lowest BCUT2D eigenvalue weighted by Gasteiger charge is -2.22. The summed E-state index contributed by atoms with van der Waals surface area (Å²) in [6, 6.07) is 4.84. The van der Waals surface area contributed by atoms with Gasteiger partial charge in [-0.25, -0.2) is 14.6 Å². The molecule has 1 aromatic rings. The molecule has 1 N–H and O–H groups in total. The number of nitrogens with one attached hydrogen (secondary N) is 1. The van der Waals surface area contributed by atoms with Crippen LogP contribution in [0.1, 0.15) is 46.2 Å². The molecule has 1 saturated heterocycles. The van der Waals surface area contributed by atoms with Crippen LogP contribution in [0.2, 0.25) is 0 Å². The maximum Gasteiger partial charge on any atom is 0.413 e. The van der Waals surface area contributed by atoms with Gasteiger partial charge in [-0.15, -0.1) is 0 Å². The van der Waals surface area contributed by atoms with Crippen LogP contribution in [0.15, 0.2) is 23.8 Å². The van der Waals surface area contributed by atoms with E-state index < -0.39 is 23.4 Å². The Morgan fingerprint density at radius 1 is 1.21 bits per heavy atom. The molecule has 0 aliphatic carbocycles. The van der Waals surface area contributed by atoms with Gasteiger partial charge in [0.15, 0.2) is 5.78 Å². The molecule has 0 saturated carbocycles. The second kappa shape index (κ2) is 9.45. The van der Waals surface area contributed by atoms with Crippen LogP contribution in [0.4, 0.5) is 10.6 Å². The lowest BCUT2D eigenvalue weighted by atomic mass is 10.1. The number of pyridine rings is 1. The summed E-state index contributed by atoms with van der Waals surface area (Å²) >= 11 is 0. The zero-order chi connectivity index (χ0) is 20.7. The summed E-state index contributed by atoms with van der Waals surface area (Å²) in [7, 11) is 0. The minimum atomic E-state index is -0.688. The Labute approximate surface area is 164 Å². The van der Waals surface area contributed by atoms with E-state index >= 15 is 0 Å². The lowest BCUT2D eigenvalue weighted by molar-refractivity contribution is -0.149. The molecule has 0 radical (unpaired) electrons. The highest BCUT2D eigenvalue weighted by molar-refractivity contribution is 6.19. The number of carbonyl (C=O) groups is 3. The number of ketones is 1. The number of aromatic nitrogens is 1. The molecule has 152 valence electrons. The van der Waals surface area contributed by atoms with Crippen molar-refractivity contribution < 1.29 is 28.6 Å². The van der Waals surface area contributed by atoms with Gasteiger partial charge < -0.3 is 14.2 Å². The fourth-order valence-corrected chi connectivity index (χ4v) is 2.47. The van der Waals surface area contributed by atoms with Crippen molar-refractivity contribution in [3.8, 4) is 0 Å². The summed E-state index contributed by atoms with van der Waals surface area (Å²) in [5.41, 5.74) is -0.409. The molecule has 0 atom stereocenters. The van der Waals surface area contributed by atoms with Crippen molar-refractivity contribution in [1.82, 2.24) is 4.98 Å². The van der Waals surface area contributed by atoms with E-state index in [2.05, 4.69) is 10.3 Å². The third kappa shape index (κ3) is 7.11. The largest absolute Gasteiger partial charge is 0.459 e. The fourth-order valence-electron chi connectivity index (χ4n) is 2.47. The average molecular weight is 390 g/mol. The smallest absolute Gasteiger partial charge is 0.413 e. The summed E-state index contributed by atoms with van der Waals surface area (Å²) in [6.45, 7) is 7.60. The van der Waals surface area contributed by atoms with Crippen LogP contribution >= 0.6 is 0 Å². The van der Waals surface area contributed by atoms with Crippen LogP contribution in [0, 0.1) is 0 Å². The molecule has 2 heterocycles. The van der Waals surface area contributed by atoms with E-state index in [1.165, 1.54) is 13.0 Å². The van der Waals surface area contributed by atoms with E-state index in [1.807, 2.05) is 0 Å². The summed E-state index contributed by atoms with van der Waals surface area (Å²) < 4.78 is 15.8. The number of esters is 1. The molecule has 2 rings (SSSR count). The summed E-state index contributed by atoms with van der Waals surface area (Å²) in [5.74, 6) is -0.875. The zero-order valence-electron chi connectivity index (χ0n) is 16.6. The van der Waals surface area contributed by atoms with Crippen LogP contribution in [0.25, 0.3) is 6.08 Å². The number of ether oxygens (including phenoxy) is 3. The number of hydrogen-bond donors (Lipinski definition) is 1. The molecule has 0 aromatic carbocycles. The van der Waals surface area contributed by atoms with Crippen LogP contribution < -0.4 is 5.32 Å². The molecule has 1 aliphatic heterocycles. The van der Waals surface area contributed by atoms with Crippen molar-refractivity contribution in [3.63, 3.8) is 0 Å². The van der Waals surface area contributed by atoms with Crippen molar-refractivity contribution in [3.05, 3.63) is 29.5 Å². The zero-order valence-corrected chi connectivity index (χ0v) is 16.6. The van der Waals surface area contributed by atoms with E-state index in [0.717, 1.165) is 0 Å². The maximum absolute atomic E-state index is 12.4. The van der Waals surface area contributed by atoms with Crippen LogP contribution in [-0.2, 0) is 23.8 Å². The minimum Gasteiger partial charge on any atom is -0.459 e. The van der Waals surface area contributed by atoms with Crippen molar-refractivity contribution >= 4 is 29.7 Å². The Morgan fingerprint density at radius 2 is 1.89 bits per heavy atom. The van der Waals surface area contributed by atoms with Gasteiger partial charge in [-0.2, -0.15) is 0 Å². The van der Waals surface area contributed by atoms with Crippen molar-refractivity contribution in [2.45, 2.75) is 52.2 Å². The molecule has 1 amide bonds. The number of rotatable bonds is 5. The van der Waals surface area contributed by atoms with Gasteiger partial charge in [0, 0.05) is 12.8 Å². The number of Topliss-reactive ketones (excluding diaryl/α,β-unsaturated/α-hetero) is 1. The maximum atomic E-state index is 12.4.